The first kappa shape index (κ1) is 12.0. The molecule has 0 radical (unpaired) electrons. The number of rotatable bonds is 4. The Kier molecular flexibility index (Phi) is 3.43. The van der Waals surface area contributed by atoms with Crippen LogP contribution < -0.4 is 10.6 Å². The molecule has 17 heavy (non-hydrogen) atoms. The second-order valence-electron chi connectivity index (χ2n) is 4.33. The topological polar surface area (TPSA) is 41.1 Å². The highest BCUT2D eigenvalue weighted by atomic mass is 19.1. The molecular formula is C13H17FN2O. The molecule has 0 fully saturated rings. The van der Waals surface area contributed by atoms with Crippen LogP contribution in [0.5, 0.6) is 0 Å². The van der Waals surface area contributed by atoms with Crippen molar-refractivity contribution in [2.75, 3.05) is 5.32 Å². The highest BCUT2D eigenvalue weighted by Crippen LogP contribution is 2.31. The maximum absolute atomic E-state index is 13.2. The maximum atomic E-state index is 13.2. The quantitative estimate of drug-likeness (QED) is 0.843. The van der Waals surface area contributed by atoms with E-state index in [1.807, 2.05) is 0 Å². The van der Waals surface area contributed by atoms with Gasteiger partial charge in [-0.25, -0.2) is 4.39 Å². The Morgan fingerprint density at radius 3 is 2.76 bits per heavy atom. The maximum Gasteiger partial charge on any atom is 0.246 e. The van der Waals surface area contributed by atoms with E-state index in [9.17, 15) is 9.18 Å². The number of fused-ring (bicyclic) bond motifs is 1. The van der Waals surface area contributed by atoms with Gasteiger partial charge in [-0.2, -0.15) is 0 Å². The van der Waals surface area contributed by atoms with Crippen LogP contribution in [0.2, 0.25) is 0 Å². The fraction of sp³-hybridized carbons (Fsp3) is 0.462. The number of halogens is 1. The molecule has 1 aromatic rings. The van der Waals surface area contributed by atoms with E-state index < -0.39 is 6.04 Å². The van der Waals surface area contributed by atoms with Gasteiger partial charge in [0.1, 0.15) is 11.9 Å². The van der Waals surface area contributed by atoms with Gasteiger partial charge in [0.15, 0.2) is 0 Å². The molecule has 0 saturated carbocycles. The lowest BCUT2D eigenvalue weighted by molar-refractivity contribution is -0.117. The molecule has 2 rings (SSSR count). The van der Waals surface area contributed by atoms with Gasteiger partial charge in [0.05, 0.1) is 0 Å². The van der Waals surface area contributed by atoms with Crippen LogP contribution in [0.1, 0.15) is 38.3 Å². The van der Waals surface area contributed by atoms with E-state index in [0.29, 0.717) is 11.3 Å². The predicted octanol–water partition coefficient (Wildman–Crippen LogP) is 2.60. The van der Waals surface area contributed by atoms with E-state index in [-0.39, 0.29) is 17.8 Å². The second kappa shape index (κ2) is 4.84. The summed E-state index contributed by atoms with van der Waals surface area (Å²) in [6, 6.07) is 4.24. The summed E-state index contributed by atoms with van der Waals surface area (Å²) >= 11 is 0. The van der Waals surface area contributed by atoms with E-state index in [2.05, 4.69) is 24.5 Å². The molecule has 0 saturated heterocycles. The zero-order valence-electron chi connectivity index (χ0n) is 10.1. The zero-order valence-corrected chi connectivity index (χ0v) is 10.1. The van der Waals surface area contributed by atoms with Gasteiger partial charge in [0.25, 0.3) is 0 Å². The summed E-state index contributed by atoms with van der Waals surface area (Å²) in [6.07, 6.45) is 1.90. The Hall–Kier alpha value is -1.42. The Morgan fingerprint density at radius 2 is 2.12 bits per heavy atom. The third kappa shape index (κ3) is 2.31. The highest BCUT2D eigenvalue weighted by molar-refractivity contribution is 6.02. The molecule has 2 N–H and O–H groups in total. The number of carbonyl (C=O) groups is 1. The Bertz CT molecular complexity index is 429. The van der Waals surface area contributed by atoms with Crippen LogP contribution in [0.4, 0.5) is 10.1 Å². The molecule has 0 aliphatic carbocycles. The number of benzene rings is 1. The molecule has 1 amide bonds. The van der Waals surface area contributed by atoms with Crippen LogP contribution in [0.15, 0.2) is 18.2 Å². The Balaban J connectivity index is 2.24. The van der Waals surface area contributed by atoms with Crippen LogP contribution >= 0.6 is 0 Å². The lowest BCUT2D eigenvalue weighted by atomic mass is 10.1. The summed E-state index contributed by atoms with van der Waals surface area (Å²) in [7, 11) is 0. The molecule has 0 aromatic heterocycles. The first-order valence-corrected chi connectivity index (χ1v) is 6.02. The Labute approximate surface area is 100 Å². The van der Waals surface area contributed by atoms with Gasteiger partial charge in [-0.1, -0.05) is 13.8 Å². The number of hydrogen-bond donors (Lipinski definition) is 2. The third-order valence-electron chi connectivity index (χ3n) is 3.23. The summed E-state index contributed by atoms with van der Waals surface area (Å²) in [6.45, 7) is 4.14. The van der Waals surface area contributed by atoms with Gasteiger partial charge in [0.2, 0.25) is 5.91 Å². The molecule has 0 bridgehead atoms. The summed E-state index contributed by atoms with van der Waals surface area (Å²) in [5.74, 6) is -0.408. The standard InChI is InChI=1S/C13H17FN2O/c1-3-9(4-2)15-12-10-7-8(14)5-6-11(10)16-13(12)17/h5-7,9,12,15H,3-4H2,1-2H3,(H,16,17). The number of amides is 1. The number of nitrogens with one attached hydrogen (secondary N) is 2. The lowest BCUT2D eigenvalue weighted by Crippen LogP contribution is -2.35. The smallest absolute Gasteiger partial charge is 0.246 e. The first-order chi connectivity index (χ1) is 8.15. The molecule has 3 nitrogen and oxygen atoms in total. The molecule has 1 aliphatic heterocycles. The minimum Gasteiger partial charge on any atom is -0.324 e. The number of carbonyl (C=O) groups excluding carboxylic acids is 1. The summed E-state index contributed by atoms with van der Waals surface area (Å²) in [5, 5.41) is 6.03. The molecule has 4 heteroatoms. The van der Waals surface area contributed by atoms with Gasteiger partial charge in [-0.05, 0) is 31.0 Å². The largest absolute Gasteiger partial charge is 0.324 e. The van der Waals surface area contributed by atoms with Gasteiger partial charge < -0.3 is 5.32 Å². The van der Waals surface area contributed by atoms with E-state index in [4.69, 9.17) is 0 Å². The van der Waals surface area contributed by atoms with E-state index in [0.717, 1.165) is 12.8 Å². The average molecular weight is 236 g/mol. The molecule has 1 unspecified atom stereocenters. The van der Waals surface area contributed by atoms with Crippen LogP contribution in [-0.4, -0.2) is 11.9 Å². The van der Waals surface area contributed by atoms with Crippen LogP contribution in [-0.2, 0) is 4.79 Å². The van der Waals surface area contributed by atoms with E-state index >= 15 is 0 Å². The van der Waals surface area contributed by atoms with Gasteiger partial charge >= 0.3 is 0 Å². The zero-order chi connectivity index (χ0) is 12.4. The highest BCUT2D eigenvalue weighted by Gasteiger charge is 2.31. The number of anilines is 1. The van der Waals surface area contributed by atoms with Gasteiger partial charge in [-0.3, -0.25) is 10.1 Å². The molecule has 0 spiro atoms. The second-order valence-corrected chi connectivity index (χ2v) is 4.33. The number of hydrogen-bond acceptors (Lipinski definition) is 2. The molecular weight excluding hydrogens is 219 g/mol. The van der Waals surface area contributed by atoms with Crippen molar-refractivity contribution in [3.05, 3.63) is 29.6 Å². The normalized spacial score (nSPS) is 18.4. The van der Waals surface area contributed by atoms with Crippen molar-refractivity contribution in [3.8, 4) is 0 Å². The molecule has 1 aromatic carbocycles. The summed E-state index contributed by atoms with van der Waals surface area (Å²) < 4.78 is 13.2. The molecule has 92 valence electrons. The minimum atomic E-state index is -0.425. The Morgan fingerprint density at radius 1 is 1.41 bits per heavy atom. The molecule has 1 heterocycles. The van der Waals surface area contributed by atoms with Crippen molar-refractivity contribution in [2.45, 2.75) is 38.8 Å². The van der Waals surface area contributed by atoms with Crippen LogP contribution in [0.3, 0.4) is 0 Å². The first-order valence-electron chi connectivity index (χ1n) is 6.02. The van der Waals surface area contributed by atoms with E-state index in [1.54, 1.807) is 6.07 Å². The lowest BCUT2D eigenvalue weighted by Gasteiger charge is -2.19. The summed E-state index contributed by atoms with van der Waals surface area (Å²) in [4.78, 5) is 11.8. The SMILES string of the molecule is CCC(CC)NC1C(=O)Nc2ccc(F)cc21. The summed E-state index contributed by atoms with van der Waals surface area (Å²) in [5.41, 5.74) is 1.42. The molecule has 1 aliphatic rings. The predicted molar refractivity (Wildman–Crippen MR) is 65.3 cm³/mol. The van der Waals surface area contributed by atoms with Crippen molar-refractivity contribution in [2.24, 2.45) is 0 Å². The van der Waals surface area contributed by atoms with Crippen molar-refractivity contribution in [3.63, 3.8) is 0 Å². The molecule has 1 atom stereocenters. The van der Waals surface area contributed by atoms with E-state index in [1.165, 1.54) is 12.1 Å². The van der Waals surface area contributed by atoms with Gasteiger partial charge in [-0.15, -0.1) is 0 Å². The monoisotopic (exact) mass is 236 g/mol. The minimum absolute atomic E-state index is 0.0995. The van der Waals surface area contributed by atoms with Crippen molar-refractivity contribution in [1.82, 2.24) is 5.32 Å². The van der Waals surface area contributed by atoms with Crippen molar-refractivity contribution < 1.29 is 9.18 Å². The average Bonchev–Trinajstić information content (AvgIpc) is 2.62. The fourth-order valence-electron chi connectivity index (χ4n) is 2.16. The van der Waals surface area contributed by atoms with Crippen LogP contribution in [0, 0.1) is 5.82 Å². The fourth-order valence-corrected chi connectivity index (χ4v) is 2.16. The van der Waals surface area contributed by atoms with Crippen molar-refractivity contribution in [1.29, 1.82) is 0 Å². The third-order valence-corrected chi connectivity index (χ3v) is 3.23. The van der Waals surface area contributed by atoms with Gasteiger partial charge in [0, 0.05) is 17.3 Å². The van der Waals surface area contributed by atoms with Crippen LogP contribution in [0.25, 0.3) is 0 Å². The van der Waals surface area contributed by atoms with Crippen molar-refractivity contribution >= 4 is 11.6 Å².